The minimum absolute atomic E-state index is 0.167. The van der Waals surface area contributed by atoms with E-state index in [-0.39, 0.29) is 19.1 Å². The van der Waals surface area contributed by atoms with E-state index in [1.807, 2.05) is 30.3 Å². The maximum absolute atomic E-state index is 11.9. The highest BCUT2D eigenvalue weighted by Crippen LogP contribution is 2.19. The minimum atomic E-state index is -0.505. The Hall–Kier alpha value is -3.61. The van der Waals surface area contributed by atoms with E-state index in [9.17, 15) is 9.59 Å². The van der Waals surface area contributed by atoms with Crippen LogP contribution >= 0.6 is 0 Å². The Morgan fingerprint density at radius 3 is 2.54 bits per heavy atom. The molecule has 2 aromatic carbocycles. The van der Waals surface area contributed by atoms with Crippen molar-refractivity contribution in [3.8, 4) is 11.3 Å². The first-order valence-corrected chi connectivity index (χ1v) is 8.02. The first kappa shape index (κ1) is 17.2. The van der Waals surface area contributed by atoms with E-state index >= 15 is 0 Å². The van der Waals surface area contributed by atoms with Crippen molar-refractivity contribution < 1.29 is 14.0 Å². The van der Waals surface area contributed by atoms with Crippen LogP contribution in [0.15, 0.2) is 65.2 Å². The second kappa shape index (κ2) is 7.98. The molecule has 0 spiro atoms. The molecular formula is C19H18N4O3. The fourth-order valence-electron chi connectivity index (χ4n) is 2.36. The monoisotopic (exact) mass is 350 g/mol. The number of urea groups is 1. The number of primary amides is 1. The van der Waals surface area contributed by atoms with Crippen LogP contribution in [0.5, 0.6) is 0 Å². The average molecular weight is 350 g/mol. The molecule has 0 aliphatic heterocycles. The summed E-state index contributed by atoms with van der Waals surface area (Å²) in [4.78, 5) is 27.2. The van der Waals surface area contributed by atoms with Crippen LogP contribution in [0.25, 0.3) is 11.3 Å². The number of nitrogens with zero attached hydrogens (tertiary/aromatic N) is 1. The molecule has 7 nitrogen and oxygen atoms in total. The third kappa shape index (κ3) is 4.47. The molecule has 3 rings (SSSR count). The number of benzene rings is 2. The summed E-state index contributed by atoms with van der Waals surface area (Å²) in [6, 6.07) is 16.0. The molecule has 1 heterocycles. The Bertz CT molecular complexity index is 906. The second-order valence-electron chi connectivity index (χ2n) is 5.59. The first-order chi connectivity index (χ1) is 12.6. The van der Waals surface area contributed by atoms with Gasteiger partial charge in [-0.3, -0.25) is 4.79 Å². The summed E-state index contributed by atoms with van der Waals surface area (Å²) in [5.74, 6) is 0.551. The van der Waals surface area contributed by atoms with Gasteiger partial charge < -0.3 is 20.8 Å². The molecule has 0 fully saturated rings. The highest BCUT2D eigenvalue weighted by Gasteiger charge is 2.08. The highest BCUT2D eigenvalue weighted by molar-refractivity contribution is 5.92. The lowest BCUT2D eigenvalue weighted by atomic mass is 10.1. The van der Waals surface area contributed by atoms with Gasteiger partial charge in [-0.05, 0) is 17.7 Å². The van der Waals surface area contributed by atoms with Gasteiger partial charge in [0.1, 0.15) is 0 Å². The van der Waals surface area contributed by atoms with Gasteiger partial charge in [0.2, 0.25) is 11.8 Å². The van der Waals surface area contributed by atoms with E-state index in [0.717, 1.165) is 11.1 Å². The maximum Gasteiger partial charge on any atom is 0.315 e. The fourth-order valence-corrected chi connectivity index (χ4v) is 2.36. The average Bonchev–Trinajstić information content (AvgIpc) is 3.15. The summed E-state index contributed by atoms with van der Waals surface area (Å²) in [5, 5.41) is 5.38. The Morgan fingerprint density at radius 1 is 1.00 bits per heavy atom. The lowest BCUT2D eigenvalue weighted by molar-refractivity contribution is 0.1000. The van der Waals surface area contributed by atoms with E-state index in [2.05, 4.69) is 15.6 Å². The zero-order chi connectivity index (χ0) is 18.4. The van der Waals surface area contributed by atoms with Gasteiger partial charge in [-0.15, -0.1) is 0 Å². The van der Waals surface area contributed by atoms with E-state index in [4.69, 9.17) is 10.2 Å². The summed E-state index contributed by atoms with van der Waals surface area (Å²) < 4.78 is 5.62. The molecule has 0 bridgehead atoms. The van der Waals surface area contributed by atoms with Crippen molar-refractivity contribution in [3.63, 3.8) is 0 Å². The molecule has 3 aromatic rings. The number of hydrogen-bond acceptors (Lipinski definition) is 4. The van der Waals surface area contributed by atoms with Crippen LogP contribution in [0.2, 0.25) is 0 Å². The molecule has 0 saturated heterocycles. The van der Waals surface area contributed by atoms with Crippen LogP contribution in [-0.2, 0) is 13.1 Å². The topological polar surface area (TPSA) is 110 Å². The highest BCUT2D eigenvalue weighted by atomic mass is 16.4. The molecule has 3 amide bonds. The number of aromatic nitrogens is 1. The van der Waals surface area contributed by atoms with Crippen molar-refractivity contribution in [2.45, 2.75) is 13.1 Å². The first-order valence-electron chi connectivity index (χ1n) is 8.02. The summed E-state index contributed by atoms with van der Waals surface area (Å²) in [6.07, 6.45) is 1.62. The van der Waals surface area contributed by atoms with Gasteiger partial charge in [0.25, 0.3) is 0 Å². The fraction of sp³-hybridized carbons (Fsp3) is 0.105. The summed E-state index contributed by atoms with van der Waals surface area (Å²) >= 11 is 0. The van der Waals surface area contributed by atoms with Crippen LogP contribution in [0, 0.1) is 0 Å². The van der Waals surface area contributed by atoms with Gasteiger partial charge in [0.05, 0.1) is 12.7 Å². The number of nitrogens with two attached hydrogens (primary N) is 1. The summed E-state index contributed by atoms with van der Waals surface area (Å²) in [5.41, 5.74) is 7.34. The molecule has 0 saturated carbocycles. The number of carbonyl (C=O) groups is 2. The second-order valence-corrected chi connectivity index (χ2v) is 5.59. The van der Waals surface area contributed by atoms with E-state index in [1.54, 1.807) is 30.5 Å². The third-order valence-electron chi connectivity index (χ3n) is 3.68. The molecule has 0 aliphatic carbocycles. The number of nitrogens with one attached hydrogen (secondary N) is 2. The summed E-state index contributed by atoms with van der Waals surface area (Å²) in [7, 11) is 0. The van der Waals surface area contributed by atoms with Crippen molar-refractivity contribution in [1.29, 1.82) is 0 Å². The number of rotatable bonds is 6. The lowest BCUT2D eigenvalue weighted by Gasteiger charge is -2.07. The minimum Gasteiger partial charge on any atom is -0.439 e. The van der Waals surface area contributed by atoms with E-state index in [1.165, 1.54) is 0 Å². The lowest BCUT2D eigenvalue weighted by Crippen LogP contribution is -2.34. The number of amides is 3. The molecule has 0 radical (unpaired) electrons. The molecular weight excluding hydrogens is 332 g/mol. The largest absolute Gasteiger partial charge is 0.439 e. The van der Waals surface area contributed by atoms with Crippen LogP contribution in [-0.4, -0.2) is 16.9 Å². The van der Waals surface area contributed by atoms with Crippen molar-refractivity contribution in [2.75, 3.05) is 0 Å². The number of carbonyl (C=O) groups excluding carboxylic acids is 2. The normalized spacial score (nSPS) is 10.3. The molecule has 0 aliphatic rings. The van der Waals surface area contributed by atoms with Crippen molar-refractivity contribution >= 4 is 11.9 Å². The van der Waals surface area contributed by atoms with Gasteiger partial charge in [-0.2, -0.15) is 0 Å². The smallest absolute Gasteiger partial charge is 0.315 e. The molecule has 26 heavy (non-hydrogen) atoms. The molecule has 0 unspecified atom stereocenters. The van der Waals surface area contributed by atoms with E-state index in [0.29, 0.717) is 17.2 Å². The molecule has 132 valence electrons. The molecule has 7 heteroatoms. The van der Waals surface area contributed by atoms with Gasteiger partial charge in [0, 0.05) is 17.7 Å². The zero-order valence-electron chi connectivity index (χ0n) is 13.9. The van der Waals surface area contributed by atoms with Crippen molar-refractivity contribution in [3.05, 3.63) is 77.8 Å². The quantitative estimate of drug-likeness (QED) is 0.634. The Morgan fingerprint density at radius 2 is 1.77 bits per heavy atom. The zero-order valence-corrected chi connectivity index (χ0v) is 13.9. The SMILES string of the molecule is NC(=O)c1cccc(CNC(=O)NCc2ncc(-c3ccccc3)o2)c1. The predicted molar refractivity (Wildman–Crippen MR) is 96.0 cm³/mol. The van der Waals surface area contributed by atoms with Crippen LogP contribution < -0.4 is 16.4 Å². The Kier molecular flexibility index (Phi) is 5.28. The maximum atomic E-state index is 11.9. The molecule has 0 atom stereocenters. The van der Waals surface area contributed by atoms with Gasteiger partial charge in [-0.1, -0.05) is 42.5 Å². The van der Waals surface area contributed by atoms with Crippen LogP contribution in [0.1, 0.15) is 21.8 Å². The Balaban J connectivity index is 1.49. The van der Waals surface area contributed by atoms with Crippen molar-refractivity contribution in [2.24, 2.45) is 5.73 Å². The molecule has 1 aromatic heterocycles. The third-order valence-corrected chi connectivity index (χ3v) is 3.68. The number of oxazole rings is 1. The Labute approximate surface area is 150 Å². The van der Waals surface area contributed by atoms with Gasteiger partial charge in [-0.25, -0.2) is 9.78 Å². The number of hydrogen-bond donors (Lipinski definition) is 3. The molecule has 4 N–H and O–H groups in total. The van der Waals surface area contributed by atoms with Crippen LogP contribution in [0.4, 0.5) is 4.79 Å². The van der Waals surface area contributed by atoms with Gasteiger partial charge >= 0.3 is 6.03 Å². The predicted octanol–water partition coefficient (Wildman–Crippen LogP) is 2.44. The standard InChI is InChI=1S/C19H18N4O3/c20-18(24)15-8-4-5-13(9-15)10-22-19(25)23-12-17-21-11-16(26-17)14-6-2-1-3-7-14/h1-9,11H,10,12H2,(H2,20,24)(H2,22,23,25). The van der Waals surface area contributed by atoms with E-state index < -0.39 is 5.91 Å². The summed E-state index contributed by atoms with van der Waals surface area (Å²) in [6.45, 7) is 0.438. The van der Waals surface area contributed by atoms with Crippen LogP contribution in [0.3, 0.4) is 0 Å². The van der Waals surface area contributed by atoms with Gasteiger partial charge in [0.15, 0.2) is 5.76 Å². The van der Waals surface area contributed by atoms with Crippen molar-refractivity contribution in [1.82, 2.24) is 15.6 Å².